The van der Waals surface area contributed by atoms with E-state index >= 15 is 0 Å². The molecule has 0 aromatic carbocycles. The van der Waals surface area contributed by atoms with Crippen LogP contribution in [0.5, 0.6) is 0 Å². The number of aromatic nitrogens is 3. The Morgan fingerprint density at radius 3 is 2.92 bits per heavy atom. The van der Waals surface area contributed by atoms with E-state index in [9.17, 15) is 0 Å². The molecule has 6 nitrogen and oxygen atoms in total. The summed E-state index contributed by atoms with van der Waals surface area (Å²) in [6.07, 6.45) is 7.24. The van der Waals surface area contributed by atoms with Gasteiger partial charge in [0.2, 0.25) is 0 Å². The second-order valence-corrected chi connectivity index (χ2v) is 7.29. The van der Waals surface area contributed by atoms with Crippen LogP contribution in [-0.2, 0) is 18.3 Å². The van der Waals surface area contributed by atoms with Gasteiger partial charge in [0.25, 0.3) is 0 Å². The molecule has 1 saturated heterocycles. The molecule has 0 saturated carbocycles. The largest absolute Gasteiger partial charge is 0.373 e. The fraction of sp³-hybridized carbons (Fsp3) is 0.647. The first-order valence-corrected chi connectivity index (χ1v) is 9.53. The first kappa shape index (κ1) is 17.4. The van der Waals surface area contributed by atoms with Crippen LogP contribution >= 0.6 is 11.3 Å². The number of anilines is 1. The average molecular weight is 350 g/mol. The minimum Gasteiger partial charge on any atom is -0.373 e. The number of aryl methyl sites for hydroxylation is 1. The minimum absolute atomic E-state index is 0.166. The maximum atomic E-state index is 5.92. The van der Waals surface area contributed by atoms with Crippen LogP contribution in [-0.4, -0.2) is 41.0 Å². The van der Waals surface area contributed by atoms with Crippen molar-refractivity contribution in [2.45, 2.75) is 32.9 Å². The Labute approximate surface area is 147 Å². The summed E-state index contributed by atoms with van der Waals surface area (Å²) < 4.78 is 7.76. The molecule has 0 unspecified atom stereocenters. The maximum Gasteiger partial charge on any atom is 0.185 e. The SMILES string of the molecule is CCN(CC)c1ncc(CNC[C@H]2CCO[C@@H]2c2cnn(C)c2)s1. The number of hydrogen-bond acceptors (Lipinski definition) is 6. The molecule has 132 valence electrons. The van der Waals surface area contributed by atoms with Crippen LogP contribution in [0.1, 0.15) is 36.8 Å². The maximum absolute atomic E-state index is 5.92. The molecule has 3 heterocycles. The van der Waals surface area contributed by atoms with Gasteiger partial charge in [0.05, 0.1) is 12.3 Å². The predicted molar refractivity (Wildman–Crippen MR) is 97.4 cm³/mol. The fourth-order valence-corrected chi connectivity index (χ4v) is 4.21. The molecule has 2 atom stereocenters. The van der Waals surface area contributed by atoms with Crippen LogP contribution in [0.2, 0.25) is 0 Å². The van der Waals surface area contributed by atoms with Gasteiger partial charge in [-0.15, -0.1) is 11.3 Å². The van der Waals surface area contributed by atoms with Crippen molar-refractivity contribution in [3.05, 3.63) is 29.0 Å². The van der Waals surface area contributed by atoms with Crippen molar-refractivity contribution in [2.75, 3.05) is 31.1 Å². The number of rotatable bonds is 8. The summed E-state index contributed by atoms with van der Waals surface area (Å²) in [5.41, 5.74) is 1.18. The Kier molecular flexibility index (Phi) is 5.86. The molecule has 0 aliphatic carbocycles. The summed E-state index contributed by atoms with van der Waals surface area (Å²) in [7, 11) is 1.95. The topological polar surface area (TPSA) is 55.2 Å². The highest BCUT2D eigenvalue weighted by Crippen LogP contribution is 2.33. The van der Waals surface area contributed by atoms with Crippen molar-refractivity contribution in [1.82, 2.24) is 20.1 Å². The summed E-state index contributed by atoms with van der Waals surface area (Å²) in [5, 5.41) is 8.97. The Morgan fingerprint density at radius 1 is 1.38 bits per heavy atom. The van der Waals surface area contributed by atoms with Crippen LogP contribution in [0.4, 0.5) is 5.13 Å². The van der Waals surface area contributed by atoms with Gasteiger partial charge in [-0.2, -0.15) is 5.10 Å². The summed E-state index contributed by atoms with van der Waals surface area (Å²) in [6.45, 7) is 9.00. The molecule has 1 fully saturated rings. The molecule has 1 N–H and O–H groups in total. The number of nitrogens with one attached hydrogen (secondary N) is 1. The van der Waals surface area contributed by atoms with Gasteiger partial charge >= 0.3 is 0 Å². The lowest BCUT2D eigenvalue weighted by molar-refractivity contribution is 0.0904. The molecule has 1 aliphatic rings. The third-order valence-corrected chi connectivity index (χ3v) is 5.61. The molecule has 0 amide bonds. The smallest absolute Gasteiger partial charge is 0.185 e. The first-order valence-electron chi connectivity index (χ1n) is 8.71. The van der Waals surface area contributed by atoms with Crippen LogP contribution in [0.15, 0.2) is 18.6 Å². The third kappa shape index (κ3) is 3.96. The van der Waals surface area contributed by atoms with Gasteiger partial charge in [0.1, 0.15) is 0 Å². The molecule has 7 heteroatoms. The summed E-state index contributed by atoms with van der Waals surface area (Å²) in [4.78, 5) is 8.12. The quantitative estimate of drug-likeness (QED) is 0.794. The summed E-state index contributed by atoms with van der Waals surface area (Å²) in [5.74, 6) is 0.504. The van der Waals surface area contributed by atoms with Crippen molar-refractivity contribution in [1.29, 1.82) is 0 Å². The number of hydrogen-bond donors (Lipinski definition) is 1. The molecule has 2 aromatic rings. The zero-order valence-corrected chi connectivity index (χ0v) is 15.6. The van der Waals surface area contributed by atoms with E-state index in [-0.39, 0.29) is 6.10 Å². The zero-order chi connectivity index (χ0) is 16.9. The molecule has 2 aromatic heterocycles. The lowest BCUT2D eigenvalue weighted by Gasteiger charge is -2.17. The standard InChI is InChI=1S/C17H27N5OS/c1-4-22(5-2)17-19-11-15(24-17)10-18-8-13-6-7-23-16(13)14-9-20-21(3)12-14/h9,11-13,16,18H,4-8,10H2,1-3H3/t13-,16+/m1/s1. The average Bonchev–Trinajstić information content (AvgIpc) is 3.30. The highest BCUT2D eigenvalue weighted by Gasteiger charge is 2.30. The van der Waals surface area contributed by atoms with Crippen LogP contribution in [0.3, 0.4) is 0 Å². The second kappa shape index (κ2) is 8.09. The second-order valence-electron chi connectivity index (χ2n) is 6.20. The Balaban J connectivity index is 1.51. The van der Waals surface area contributed by atoms with Crippen molar-refractivity contribution >= 4 is 16.5 Å². The van der Waals surface area contributed by atoms with Gasteiger partial charge in [0, 0.05) is 68.6 Å². The molecule has 0 spiro atoms. The van der Waals surface area contributed by atoms with Crippen LogP contribution in [0.25, 0.3) is 0 Å². The summed E-state index contributed by atoms with van der Waals surface area (Å²) in [6, 6.07) is 0. The normalized spacial score (nSPS) is 20.6. The molecule has 3 rings (SSSR count). The van der Waals surface area contributed by atoms with Gasteiger partial charge in [-0.3, -0.25) is 4.68 Å². The van der Waals surface area contributed by atoms with Crippen molar-refractivity contribution < 1.29 is 4.74 Å². The van der Waals surface area contributed by atoms with E-state index in [4.69, 9.17) is 4.74 Å². The van der Waals surface area contributed by atoms with Crippen molar-refractivity contribution in [3.8, 4) is 0 Å². The van der Waals surface area contributed by atoms with Crippen molar-refractivity contribution in [3.63, 3.8) is 0 Å². The lowest BCUT2D eigenvalue weighted by atomic mass is 9.97. The number of nitrogens with zero attached hydrogens (tertiary/aromatic N) is 4. The molecule has 0 radical (unpaired) electrons. The Bertz CT molecular complexity index is 636. The summed E-state index contributed by atoms with van der Waals surface area (Å²) >= 11 is 1.78. The zero-order valence-electron chi connectivity index (χ0n) is 14.7. The molecule has 1 aliphatic heterocycles. The minimum atomic E-state index is 0.166. The third-order valence-electron chi connectivity index (χ3n) is 4.55. The highest BCUT2D eigenvalue weighted by atomic mass is 32.1. The number of ether oxygens (including phenoxy) is 1. The van der Waals surface area contributed by atoms with Gasteiger partial charge in [0.15, 0.2) is 5.13 Å². The van der Waals surface area contributed by atoms with E-state index in [1.165, 1.54) is 10.4 Å². The van der Waals surface area contributed by atoms with E-state index < -0.39 is 0 Å². The predicted octanol–water partition coefficient (Wildman–Crippen LogP) is 2.59. The Hall–Kier alpha value is -1.44. The lowest BCUT2D eigenvalue weighted by Crippen LogP contribution is -2.24. The number of thiazole rings is 1. The van der Waals surface area contributed by atoms with Crippen molar-refractivity contribution in [2.24, 2.45) is 13.0 Å². The van der Waals surface area contributed by atoms with E-state index in [0.29, 0.717) is 5.92 Å². The van der Waals surface area contributed by atoms with E-state index in [1.54, 1.807) is 11.3 Å². The van der Waals surface area contributed by atoms with E-state index in [1.807, 2.05) is 24.1 Å². The van der Waals surface area contributed by atoms with Gasteiger partial charge in [-0.1, -0.05) is 0 Å². The molecular weight excluding hydrogens is 322 g/mol. The molecule has 24 heavy (non-hydrogen) atoms. The van der Waals surface area contributed by atoms with Gasteiger partial charge in [-0.25, -0.2) is 4.98 Å². The van der Waals surface area contributed by atoms with E-state index in [0.717, 1.165) is 44.3 Å². The van der Waals surface area contributed by atoms with Crippen LogP contribution < -0.4 is 10.2 Å². The van der Waals surface area contributed by atoms with Gasteiger partial charge < -0.3 is 15.0 Å². The molecular formula is C17H27N5OS. The van der Waals surface area contributed by atoms with Gasteiger partial charge in [-0.05, 0) is 20.3 Å². The first-order chi connectivity index (χ1) is 11.7. The highest BCUT2D eigenvalue weighted by molar-refractivity contribution is 7.15. The monoisotopic (exact) mass is 349 g/mol. The Morgan fingerprint density at radius 2 is 2.21 bits per heavy atom. The fourth-order valence-electron chi connectivity index (χ4n) is 3.20. The van der Waals surface area contributed by atoms with E-state index in [2.05, 4.69) is 40.3 Å². The molecule has 0 bridgehead atoms. The van der Waals surface area contributed by atoms with Crippen LogP contribution in [0, 0.1) is 5.92 Å².